The van der Waals surface area contributed by atoms with Crippen LogP contribution in [0.15, 0.2) is 47.2 Å². The molecule has 1 N–H and O–H groups in total. The van der Waals surface area contributed by atoms with Crippen molar-refractivity contribution in [3.05, 3.63) is 59.8 Å². The zero-order valence-electron chi connectivity index (χ0n) is 11.9. The summed E-state index contributed by atoms with van der Waals surface area (Å²) in [6, 6.07) is 7.35. The minimum Gasteiger partial charge on any atom is -0.462 e. The first-order valence-electron chi connectivity index (χ1n) is 6.72. The van der Waals surface area contributed by atoms with Crippen molar-refractivity contribution in [1.29, 1.82) is 0 Å². The van der Waals surface area contributed by atoms with E-state index >= 15 is 0 Å². The Labute approximate surface area is 123 Å². The number of furan rings is 1. The first-order chi connectivity index (χ1) is 10.2. The lowest BCUT2D eigenvalue weighted by atomic mass is 10.2. The number of hydrogen-bond donors (Lipinski definition) is 1. The summed E-state index contributed by atoms with van der Waals surface area (Å²) in [5.74, 6) is 1.25. The van der Waals surface area contributed by atoms with E-state index in [0.29, 0.717) is 12.3 Å². The average Bonchev–Trinajstić information content (AvgIpc) is 2.91. The Morgan fingerprint density at radius 2 is 2.29 bits per heavy atom. The van der Waals surface area contributed by atoms with E-state index in [1.807, 2.05) is 25.1 Å². The molecule has 110 valence electrons. The zero-order valence-corrected chi connectivity index (χ0v) is 11.9. The maximum atomic E-state index is 12.2. The monoisotopic (exact) mass is 286 g/mol. The number of amides is 1. The van der Waals surface area contributed by atoms with Gasteiger partial charge in [-0.15, -0.1) is 0 Å². The van der Waals surface area contributed by atoms with Crippen molar-refractivity contribution in [3.8, 4) is 0 Å². The van der Waals surface area contributed by atoms with Gasteiger partial charge in [0.15, 0.2) is 0 Å². The largest absolute Gasteiger partial charge is 0.462 e. The highest BCUT2D eigenvalue weighted by molar-refractivity contribution is 5.91. The van der Waals surface area contributed by atoms with Gasteiger partial charge in [0.25, 0.3) is 0 Å². The minimum atomic E-state index is -0.179. The SMILES string of the molecule is Cc1ccc(/C=C/C(=O)N(CCO)Cc2cccnc2)o1. The smallest absolute Gasteiger partial charge is 0.247 e. The Bertz CT molecular complexity index is 605. The fourth-order valence-electron chi connectivity index (χ4n) is 1.90. The number of nitrogens with zero attached hydrogens (tertiary/aromatic N) is 2. The average molecular weight is 286 g/mol. The van der Waals surface area contributed by atoms with Crippen LogP contribution in [0.3, 0.4) is 0 Å². The lowest BCUT2D eigenvalue weighted by Crippen LogP contribution is -2.31. The van der Waals surface area contributed by atoms with Gasteiger partial charge in [-0.05, 0) is 36.8 Å². The molecule has 0 saturated heterocycles. The van der Waals surface area contributed by atoms with Crippen LogP contribution in [0.4, 0.5) is 0 Å². The molecule has 0 radical (unpaired) electrons. The van der Waals surface area contributed by atoms with Gasteiger partial charge in [0.1, 0.15) is 11.5 Å². The van der Waals surface area contributed by atoms with Crippen LogP contribution in [-0.4, -0.2) is 34.0 Å². The predicted molar refractivity (Wildman–Crippen MR) is 79.2 cm³/mol. The molecule has 5 nitrogen and oxygen atoms in total. The van der Waals surface area contributed by atoms with Crippen molar-refractivity contribution in [2.24, 2.45) is 0 Å². The number of aliphatic hydroxyl groups is 1. The Balaban J connectivity index is 2.03. The fraction of sp³-hybridized carbons (Fsp3) is 0.250. The molecule has 0 spiro atoms. The molecule has 0 bridgehead atoms. The standard InChI is InChI=1S/C16H18N2O3/c1-13-4-5-15(21-13)6-7-16(20)18(9-10-19)12-14-3-2-8-17-11-14/h2-8,11,19H,9-10,12H2,1H3/b7-6+. The fourth-order valence-corrected chi connectivity index (χ4v) is 1.90. The highest BCUT2D eigenvalue weighted by atomic mass is 16.3. The van der Waals surface area contributed by atoms with E-state index in [0.717, 1.165) is 11.3 Å². The number of pyridine rings is 1. The van der Waals surface area contributed by atoms with Crippen LogP contribution in [0.1, 0.15) is 17.1 Å². The van der Waals surface area contributed by atoms with Gasteiger partial charge < -0.3 is 14.4 Å². The molecule has 0 aromatic carbocycles. The van der Waals surface area contributed by atoms with Crippen LogP contribution in [0.25, 0.3) is 6.08 Å². The molecule has 2 aromatic rings. The third-order valence-corrected chi connectivity index (χ3v) is 2.93. The third-order valence-electron chi connectivity index (χ3n) is 2.93. The third kappa shape index (κ3) is 4.57. The van der Waals surface area contributed by atoms with E-state index in [1.54, 1.807) is 29.4 Å². The molecule has 1 amide bonds. The number of aryl methyl sites for hydroxylation is 1. The molecule has 2 rings (SSSR count). The molecule has 0 aliphatic carbocycles. The quantitative estimate of drug-likeness (QED) is 0.825. The summed E-state index contributed by atoms with van der Waals surface area (Å²) < 4.78 is 5.37. The van der Waals surface area contributed by atoms with E-state index in [4.69, 9.17) is 9.52 Å². The molecule has 0 saturated carbocycles. The van der Waals surface area contributed by atoms with Crippen LogP contribution in [0.2, 0.25) is 0 Å². The van der Waals surface area contributed by atoms with Crippen molar-refractivity contribution in [3.63, 3.8) is 0 Å². The molecule has 0 aliphatic heterocycles. The van der Waals surface area contributed by atoms with Crippen LogP contribution in [0.5, 0.6) is 0 Å². The summed E-state index contributed by atoms with van der Waals surface area (Å²) in [7, 11) is 0. The zero-order chi connectivity index (χ0) is 15.1. The molecule has 2 aromatic heterocycles. The summed E-state index contributed by atoms with van der Waals surface area (Å²) in [5, 5.41) is 9.10. The number of hydrogen-bond acceptors (Lipinski definition) is 4. The van der Waals surface area contributed by atoms with Crippen molar-refractivity contribution in [2.75, 3.05) is 13.2 Å². The summed E-state index contributed by atoms with van der Waals surface area (Å²) in [4.78, 5) is 17.8. The second kappa shape index (κ2) is 7.40. The van der Waals surface area contributed by atoms with Gasteiger partial charge >= 0.3 is 0 Å². The van der Waals surface area contributed by atoms with Gasteiger partial charge in [0.05, 0.1) is 6.61 Å². The lowest BCUT2D eigenvalue weighted by Gasteiger charge is -2.19. The van der Waals surface area contributed by atoms with E-state index in [2.05, 4.69) is 4.98 Å². The Kier molecular flexibility index (Phi) is 5.29. The van der Waals surface area contributed by atoms with Crippen LogP contribution in [-0.2, 0) is 11.3 Å². The molecule has 5 heteroatoms. The highest BCUT2D eigenvalue weighted by Crippen LogP contribution is 2.09. The normalized spacial score (nSPS) is 11.0. The van der Waals surface area contributed by atoms with Crippen molar-refractivity contribution >= 4 is 12.0 Å². The molecule has 0 unspecified atom stereocenters. The molecular formula is C16H18N2O3. The first kappa shape index (κ1) is 15.0. The second-order valence-corrected chi connectivity index (χ2v) is 4.63. The van der Waals surface area contributed by atoms with E-state index in [9.17, 15) is 4.79 Å². The van der Waals surface area contributed by atoms with E-state index < -0.39 is 0 Å². The lowest BCUT2D eigenvalue weighted by molar-refractivity contribution is -0.127. The number of aromatic nitrogens is 1. The Morgan fingerprint density at radius 3 is 2.90 bits per heavy atom. The van der Waals surface area contributed by atoms with E-state index in [-0.39, 0.29) is 19.1 Å². The first-order valence-corrected chi connectivity index (χ1v) is 6.72. The summed E-state index contributed by atoms with van der Waals surface area (Å²) in [5.41, 5.74) is 0.918. The molecule has 0 aliphatic rings. The number of carbonyl (C=O) groups excluding carboxylic acids is 1. The molecule has 21 heavy (non-hydrogen) atoms. The second-order valence-electron chi connectivity index (χ2n) is 4.63. The highest BCUT2D eigenvalue weighted by Gasteiger charge is 2.11. The minimum absolute atomic E-state index is 0.0836. The Hall–Kier alpha value is -2.40. The van der Waals surface area contributed by atoms with Crippen LogP contribution < -0.4 is 0 Å². The number of rotatable bonds is 6. The summed E-state index contributed by atoms with van der Waals surface area (Å²) >= 11 is 0. The van der Waals surface area contributed by atoms with Gasteiger partial charge in [-0.1, -0.05) is 6.07 Å². The van der Waals surface area contributed by atoms with Crippen LogP contribution >= 0.6 is 0 Å². The van der Waals surface area contributed by atoms with Crippen molar-refractivity contribution in [1.82, 2.24) is 9.88 Å². The topological polar surface area (TPSA) is 66.6 Å². The summed E-state index contributed by atoms with van der Waals surface area (Å²) in [6.07, 6.45) is 6.46. The van der Waals surface area contributed by atoms with Gasteiger partial charge in [0, 0.05) is 31.6 Å². The Morgan fingerprint density at radius 1 is 1.43 bits per heavy atom. The van der Waals surface area contributed by atoms with E-state index in [1.165, 1.54) is 6.08 Å². The summed E-state index contributed by atoms with van der Waals surface area (Å²) in [6.45, 7) is 2.45. The number of carbonyl (C=O) groups is 1. The van der Waals surface area contributed by atoms with Gasteiger partial charge in [-0.25, -0.2) is 0 Å². The molecule has 0 fully saturated rings. The molecule has 0 atom stereocenters. The van der Waals surface area contributed by atoms with Crippen molar-refractivity contribution in [2.45, 2.75) is 13.5 Å². The van der Waals surface area contributed by atoms with Gasteiger partial charge in [-0.2, -0.15) is 0 Å². The predicted octanol–water partition coefficient (Wildman–Crippen LogP) is 2.02. The van der Waals surface area contributed by atoms with Gasteiger partial charge in [-0.3, -0.25) is 9.78 Å². The molecular weight excluding hydrogens is 268 g/mol. The maximum Gasteiger partial charge on any atom is 0.247 e. The maximum absolute atomic E-state index is 12.2. The molecule has 2 heterocycles. The van der Waals surface area contributed by atoms with Crippen molar-refractivity contribution < 1.29 is 14.3 Å². The van der Waals surface area contributed by atoms with Gasteiger partial charge in [0.2, 0.25) is 5.91 Å². The van der Waals surface area contributed by atoms with Crippen LogP contribution in [0, 0.1) is 6.92 Å². The number of aliphatic hydroxyl groups excluding tert-OH is 1.